The van der Waals surface area contributed by atoms with Crippen LogP contribution in [0.15, 0.2) is 41.1 Å². The smallest absolute Gasteiger partial charge is 0.267 e. The number of hydrazone groups is 1. The number of hydrogen-bond donors (Lipinski definition) is 1. The molecule has 0 aromatic carbocycles. The van der Waals surface area contributed by atoms with Gasteiger partial charge in [-0.1, -0.05) is 6.92 Å². The van der Waals surface area contributed by atoms with Crippen molar-refractivity contribution in [2.45, 2.75) is 13.3 Å². The van der Waals surface area contributed by atoms with Crippen molar-refractivity contribution in [3.05, 3.63) is 52.0 Å². The molecule has 0 fully saturated rings. The van der Waals surface area contributed by atoms with Crippen LogP contribution in [-0.4, -0.2) is 17.1 Å². The number of nitrogens with one attached hydrogen (secondary N) is 1. The van der Waals surface area contributed by atoms with Gasteiger partial charge in [0.15, 0.2) is 0 Å². The van der Waals surface area contributed by atoms with Crippen LogP contribution in [0, 0.1) is 0 Å². The van der Waals surface area contributed by atoms with Crippen LogP contribution in [0.4, 0.5) is 0 Å². The fourth-order valence-corrected chi connectivity index (χ4v) is 2.18. The summed E-state index contributed by atoms with van der Waals surface area (Å²) in [7, 11) is 0. The van der Waals surface area contributed by atoms with Gasteiger partial charge in [0.2, 0.25) is 0 Å². The molecule has 0 radical (unpaired) electrons. The van der Waals surface area contributed by atoms with Crippen molar-refractivity contribution < 1.29 is 4.79 Å². The highest BCUT2D eigenvalue weighted by Crippen LogP contribution is 2.14. The molecule has 2 aromatic rings. The molecule has 2 rings (SSSR count). The lowest BCUT2D eigenvalue weighted by Crippen LogP contribution is -2.16. The summed E-state index contributed by atoms with van der Waals surface area (Å²) in [5, 5.41) is 5.75. The van der Waals surface area contributed by atoms with E-state index in [1.807, 2.05) is 23.6 Å². The van der Waals surface area contributed by atoms with E-state index in [0.717, 1.165) is 12.0 Å². The average Bonchev–Trinajstić information content (AvgIpc) is 2.89. The third kappa shape index (κ3) is 3.24. The van der Waals surface area contributed by atoms with Gasteiger partial charge in [-0.15, -0.1) is 11.3 Å². The Balaban J connectivity index is 1.94. The maximum absolute atomic E-state index is 11.7. The quantitative estimate of drug-likeness (QED) is 0.677. The Bertz CT molecular complexity index is 548. The molecule has 2 aromatic heterocycles. The summed E-state index contributed by atoms with van der Waals surface area (Å²) >= 11 is 1.59. The third-order valence-corrected chi connectivity index (χ3v) is 3.43. The number of carbonyl (C=O) groups is 1. The van der Waals surface area contributed by atoms with E-state index in [2.05, 4.69) is 22.4 Å². The molecule has 92 valence electrons. The summed E-state index contributed by atoms with van der Waals surface area (Å²) in [5.41, 5.74) is 4.05. The standard InChI is InChI=1S/C13H13N3OS/c1-2-12-7-11(9-18-12)13(17)16-15-8-10-3-5-14-6-4-10/h3-9H,2H2,1H3,(H,16,17). The molecule has 0 spiro atoms. The van der Waals surface area contributed by atoms with Crippen LogP contribution < -0.4 is 5.43 Å². The van der Waals surface area contributed by atoms with Gasteiger partial charge in [0.05, 0.1) is 11.8 Å². The molecular weight excluding hydrogens is 246 g/mol. The van der Waals surface area contributed by atoms with Crippen molar-refractivity contribution in [2.24, 2.45) is 5.10 Å². The summed E-state index contributed by atoms with van der Waals surface area (Å²) in [5.74, 6) is -0.184. The number of aryl methyl sites for hydroxylation is 1. The molecular formula is C13H13N3OS. The molecule has 1 amide bonds. The van der Waals surface area contributed by atoms with Gasteiger partial charge in [0.1, 0.15) is 0 Å². The molecule has 0 unspecified atom stereocenters. The van der Waals surface area contributed by atoms with Gasteiger partial charge >= 0.3 is 0 Å². The van der Waals surface area contributed by atoms with Crippen molar-refractivity contribution in [3.63, 3.8) is 0 Å². The minimum atomic E-state index is -0.184. The van der Waals surface area contributed by atoms with E-state index in [9.17, 15) is 4.79 Å². The second-order valence-electron chi connectivity index (χ2n) is 3.63. The van der Waals surface area contributed by atoms with Gasteiger partial charge in [-0.2, -0.15) is 5.10 Å². The van der Waals surface area contributed by atoms with E-state index >= 15 is 0 Å². The number of thiophene rings is 1. The van der Waals surface area contributed by atoms with Crippen molar-refractivity contribution in [3.8, 4) is 0 Å². The molecule has 2 heterocycles. The molecule has 18 heavy (non-hydrogen) atoms. The van der Waals surface area contributed by atoms with Crippen LogP contribution in [0.1, 0.15) is 27.7 Å². The van der Waals surface area contributed by atoms with Gasteiger partial charge in [0, 0.05) is 22.7 Å². The molecule has 0 aliphatic carbocycles. The van der Waals surface area contributed by atoms with E-state index < -0.39 is 0 Å². The zero-order valence-electron chi connectivity index (χ0n) is 9.96. The number of rotatable bonds is 4. The van der Waals surface area contributed by atoms with Gasteiger partial charge < -0.3 is 0 Å². The molecule has 0 bridgehead atoms. The van der Waals surface area contributed by atoms with E-state index in [-0.39, 0.29) is 5.91 Å². The van der Waals surface area contributed by atoms with E-state index in [1.165, 1.54) is 4.88 Å². The Morgan fingerprint density at radius 3 is 2.94 bits per heavy atom. The zero-order valence-corrected chi connectivity index (χ0v) is 10.8. The molecule has 5 heteroatoms. The molecule has 0 aliphatic heterocycles. The van der Waals surface area contributed by atoms with Crippen LogP contribution in [0.25, 0.3) is 0 Å². The van der Waals surface area contributed by atoms with E-state index in [4.69, 9.17) is 0 Å². The molecule has 4 nitrogen and oxygen atoms in total. The van der Waals surface area contributed by atoms with E-state index in [1.54, 1.807) is 29.9 Å². The van der Waals surface area contributed by atoms with Crippen LogP contribution >= 0.6 is 11.3 Å². The SMILES string of the molecule is CCc1cc(C(=O)NN=Cc2ccncc2)cs1. The highest BCUT2D eigenvalue weighted by Gasteiger charge is 2.06. The summed E-state index contributed by atoms with van der Waals surface area (Å²) in [6.45, 7) is 2.06. The van der Waals surface area contributed by atoms with Gasteiger partial charge in [-0.3, -0.25) is 9.78 Å². The first-order chi connectivity index (χ1) is 8.79. The van der Waals surface area contributed by atoms with Crippen molar-refractivity contribution in [1.82, 2.24) is 10.4 Å². The van der Waals surface area contributed by atoms with Crippen LogP contribution in [0.5, 0.6) is 0 Å². The van der Waals surface area contributed by atoms with Gasteiger partial charge in [-0.05, 0) is 30.2 Å². The minimum absolute atomic E-state index is 0.184. The number of amides is 1. The number of nitrogens with zero attached hydrogens (tertiary/aromatic N) is 2. The van der Waals surface area contributed by atoms with E-state index in [0.29, 0.717) is 5.56 Å². The van der Waals surface area contributed by atoms with Crippen molar-refractivity contribution in [1.29, 1.82) is 0 Å². The Morgan fingerprint density at radius 2 is 2.28 bits per heavy atom. The Hall–Kier alpha value is -2.01. The molecule has 1 N–H and O–H groups in total. The van der Waals surface area contributed by atoms with Gasteiger partial charge in [-0.25, -0.2) is 5.43 Å². The van der Waals surface area contributed by atoms with Crippen molar-refractivity contribution in [2.75, 3.05) is 0 Å². The first-order valence-corrected chi connectivity index (χ1v) is 6.48. The lowest BCUT2D eigenvalue weighted by molar-refractivity contribution is 0.0955. The minimum Gasteiger partial charge on any atom is -0.267 e. The largest absolute Gasteiger partial charge is 0.272 e. The predicted molar refractivity (Wildman–Crippen MR) is 73.0 cm³/mol. The highest BCUT2D eigenvalue weighted by atomic mass is 32.1. The second-order valence-corrected chi connectivity index (χ2v) is 4.63. The highest BCUT2D eigenvalue weighted by molar-refractivity contribution is 7.10. The fourth-order valence-electron chi connectivity index (χ4n) is 1.36. The third-order valence-electron chi connectivity index (χ3n) is 2.35. The summed E-state index contributed by atoms with van der Waals surface area (Å²) < 4.78 is 0. The maximum atomic E-state index is 11.7. The Labute approximate surface area is 109 Å². The second kappa shape index (κ2) is 6.07. The molecule has 0 aliphatic rings. The first kappa shape index (κ1) is 12.4. The normalized spacial score (nSPS) is 10.7. The van der Waals surface area contributed by atoms with Gasteiger partial charge in [0.25, 0.3) is 5.91 Å². The summed E-state index contributed by atoms with van der Waals surface area (Å²) in [4.78, 5) is 16.8. The Kier molecular flexibility index (Phi) is 4.20. The lowest BCUT2D eigenvalue weighted by Gasteiger charge is -1.95. The molecule has 0 saturated heterocycles. The monoisotopic (exact) mass is 259 g/mol. The summed E-state index contributed by atoms with van der Waals surface area (Å²) in [6.07, 6.45) is 5.88. The predicted octanol–water partition coefficient (Wildman–Crippen LogP) is 2.47. The zero-order chi connectivity index (χ0) is 12.8. The Morgan fingerprint density at radius 1 is 1.50 bits per heavy atom. The molecule has 0 saturated carbocycles. The van der Waals surface area contributed by atoms with Crippen LogP contribution in [-0.2, 0) is 6.42 Å². The first-order valence-electron chi connectivity index (χ1n) is 5.60. The number of hydrogen-bond acceptors (Lipinski definition) is 4. The number of carbonyl (C=O) groups excluding carboxylic acids is 1. The average molecular weight is 259 g/mol. The lowest BCUT2D eigenvalue weighted by atomic mass is 10.3. The maximum Gasteiger partial charge on any atom is 0.272 e. The number of pyridine rings is 1. The van der Waals surface area contributed by atoms with Crippen molar-refractivity contribution >= 4 is 23.5 Å². The topological polar surface area (TPSA) is 54.4 Å². The van der Waals surface area contributed by atoms with Crippen LogP contribution in [0.3, 0.4) is 0 Å². The van der Waals surface area contributed by atoms with Crippen LogP contribution in [0.2, 0.25) is 0 Å². The number of aromatic nitrogens is 1. The summed E-state index contributed by atoms with van der Waals surface area (Å²) in [6, 6.07) is 5.52. The fraction of sp³-hybridized carbons (Fsp3) is 0.154. The molecule has 0 atom stereocenters.